The SMILES string of the molecule is CCCCCCCCCCCCCCOc1ccc(C(=O)Oc2ccc(I)cc2)cc1. The molecule has 0 amide bonds. The first-order valence-electron chi connectivity index (χ1n) is 11.9. The normalized spacial score (nSPS) is 10.8. The van der Waals surface area contributed by atoms with Crippen LogP contribution in [0.2, 0.25) is 0 Å². The van der Waals surface area contributed by atoms with Crippen molar-refractivity contribution in [3.8, 4) is 11.5 Å². The molecule has 0 saturated heterocycles. The average Bonchev–Trinajstić information content (AvgIpc) is 2.79. The van der Waals surface area contributed by atoms with Gasteiger partial charge in [0, 0.05) is 3.57 Å². The van der Waals surface area contributed by atoms with Crippen LogP contribution in [0.1, 0.15) is 94.3 Å². The number of rotatable bonds is 16. The molecule has 0 heterocycles. The Morgan fingerprint density at radius 3 is 1.71 bits per heavy atom. The smallest absolute Gasteiger partial charge is 0.343 e. The van der Waals surface area contributed by atoms with Crippen LogP contribution >= 0.6 is 22.6 Å². The van der Waals surface area contributed by atoms with Crippen molar-refractivity contribution < 1.29 is 14.3 Å². The topological polar surface area (TPSA) is 35.5 Å². The molecule has 31 heavy (non-hydrogen) atoms. The molecule has 0 unspecified atom stereocenters. The lowest BCUT2D eigenvalue weighted by atomic mass is 10.1. The Hall–Kier alpha value is -1.56. The van der Waals surface area contributed by atoms with Crippen molar-refractivity contribution in [2.75, 3.05) is 6.61 Å². The summed E-state index contributed by atoms with van der Waals surface area (Å²) in [6, 6.07) is 14.6. The minimum Gasteiger partial charge on any atom is -0.494 e. The highest BCUT2D eigenvalue weighted by Gasteiger charge is 2.08. The number of hydrogen-bond donors (Lipinski definition) is 0. The largest absolute Gasteiger partial charge is 0.494 e. The van der Waals surface area contributed by atoms with Crippen molar-refractivity contribution in [3.05, 3.63) is 57.7 Å². The van der Waals surface area contributed by atoms with Gasteiger partial charge in [0.25, 0.3) is 0 Å². The van der Waals surface area contributed by atoms with E-state index < -0.39 is 0 Å². The van der Waals surface area contributed by atoms with E-state index in [1.54, 1.807) is 24.3 Å². The summed E-state index contributed by atoms with van der Waals surface area (Å²) in [5.74, 6) is 1.00. The molecule has 0 atom stereocenters. The minimum atomic E-state index is -0.353. The quantitative estimate of drug-likeness (QED) is 0.0933. The van der Waals surface area contributed by atoms with E-state index in [4.69, 9.17) is 9.47 Å². The van der Waals surface area contributed by atoms with Crippen molar-refractivity contribution in [2.45, 2.75) is 84.0 Å². The first-order valence-corrected chi connectivity index (χ1v) is 13.0. The van der Waals surface area contributed by atoms with Gasteiger partial charge in [0.2, 0.25) is 0 Å². The molecule has 0 fully saturated rings. The summed E-state index contributed by atoms with van der Waals surface area (Å²) in [5.41, 5.74) is 0.524. The lowest BCUT2D eigenvalue weighted by Crippen LogP contribution is -2.08. The Labute approximate surface area is 202 Å². The zero-order valence-corrected chi connectivity index (χ0v) is 21.1. The highest BCUT2D eigenvalue weighted by Crippen LogP contribution is 2.18. The summed E-state index contributed by atoms with van der Waals surface area (Å²) in [4.78, 5) is 12.2. The molecule has 0 aromatic heterocycles. The molecule has 0 bridgehead atoms. The van der Waals surface area contributed by atoms with E-state index >= 15 is 0 Å². The molecule has 2 aromatic carbocycles. The van der Waals surface area contributed by atoms with Gasteiger partial charge < -0.3 is 9.47 Å². The standard InChI is InChI=1S/C27H37IO3/c1-2-3-4-5-6-7-8-9-10-11-12-13-22-30-25-18-14-23(15-19-25)27(29)31-26-20-16-24(28)17-21-26/h14-21H,2-13,22H2,1H3. The van der Waals surface area contributed by atoms with Crippen molar-refractivity contribution in [2.24, 2.45) is 0 Å². The van der Waals surface area contributed by atoms with Gasteiger partial charge in [0.15, 0.2) is 0 Å². The molecule has 170 valence electrons. The van der Waals surface area contributed by atoms with E-state index in [0.29, 0.717) is 11.3 Å². The van der Waals surface area contributed by atoms with Gasteiger partial charge >= 0.3 is 5.97 Å². The second-order valence-electron chi connectivity index (χ2n) is 8.11. The molecular weight excluding hydrogens is 499 g/mol. The first kappa shape index (κ1) is 25.7. The summed E-state index contributed by atoms with van der Waals surface area (Å²) < 4.78 is 12.3. The summed E-state index contributed by atoms with van der Waals surface area (Å²) >= 11 is 2.22. The summed E-state index contributed by atoms with van der Waals surface area (Å²) in [7, 11) is 0. The van der Waals surface area contributed by atoms with Gasteiger partial charge in [-0.3, -0.25) is 0 Å². The number of ether oxygens (including phenoxy) is 2. The lowest BCUT2D eigenvalue weighted by Gasteiger charge is -2.08. The van der Waals surface area contributed by atoms with E-state index in [9.17, 15) is 4.79 Å². The van der Waals surface area contributed by atoms with Gasteiger partial charge in [-0.2, -0.15) is 0 Å². The number of hydrogen-bond acceptors (Lipinski definition) is 3. The van der Waals surface area contributed by atoms with Gasteiger partial charge in [-0.1, -0.05) is 77.6 Å². The molecule has 0 saturated carbocycles. The molecule has 2 aromatic rings. The van der Waals surface area contributed by atoms with Gasteiger partial charge in [-0.05, 0) is 77.5 Å². The zero-order valence-electron chi connectivity index (χ0n) is 18.9. The first-order chi connectivity index (χ1) is 15.2. The minimum absolute atomic E-state index is 0.353. The molecule has 0 aliphatic rings. The van der Waals surface area contributed by atoms with Crippen molar-refractivity contribution in [1.29, 1.82) is 0 Å². The van der Waals surface area contributed by atoms with Crippen LogP contribution in [0.3, 0.4) is 0 Å². The van der Waals surface area contributed by atoms with Crippen LogP contribution in [-0.4, -0.2) is 12.6 Å². The number of carbonyl (C=O) groups is 1. The summed E-state index contributed by atoms with van der Waals surface area (Å²) in [6.07, 6.45) is 16.1. The third-order valence-electron chi connectivity index (χ3n) is 5.38. The van der Waals surface area contributed by atoms with Crippen LogP contribution < -0.4 is 9.47 Å². The highest BCUT2D eigenvalue weighted by atomic mass is 127. The van der Waals surface area contributed by atoms with Gasteiger partial charge in [-0.15, -0.1) is 0 Å². The van der Waals surface area contributed by atoms with E-state index in [-0.39, 0.29) is 5.97 Å². The summed E-state index contributed by atoms with van der Waals surface area (Å²) in [5, 5.41) is 0. The maximum absolute atomic E-state index is 12.2. The van der Waals surface area contributed by atoms with Gasteiger partial charge in [0.1, 0.15) is 11.5 Å². The van der Waals surface area contributed by atoms with Crippen LogP contribution in [0.15, 0.2) is 48.5 Å². The molecule has 0 radical (unpaired) electrons. The maximum Gasteiger partial charge on any atom is 0.343 e. The number of benzene rings is 2. The second-order valence-corrected chi connectivity index (χ2v) is 9.35. The number of unbranched alkanes of at least 4 members (excludes halogenated alkanes) is 11. The Kier molecular flexibility index (Phi) is 13.4. The molecule has 3 nitrogen and oxygen atoms in total. The Bertz CT molecular complexity index is 725. The second kappa shape index (κ2) is 16.1. The molecule has 0 aliphatic heterocycles. The zero-order chi connectivity index (χ0) is 22.2. The van der Waals surface area contributed by atoms with E-state index in [1.807, 2.05) is 24.3 Å². The van der Waals surface area contributed by atoms with E-state index in [1.165, 1.54) is 70.6 Å². The third-order valence-corrected chi connectivity index (χ3v) is 6.10. The van der Waals surface area contributed by atoms with Crippen molar-refractivity contribution in [1.82, 2.24) is 0 Å². The van der Waals surface area contributed by atoms with Crippen LogP contribution in [0.4, 0.5) is 0 Å². The molecule has 0 spiro atoms. The number of carbonyl (C=O) groups excluding carboxylic acids is 1. The van der Waals surface area contributed by atoms with Crippen LogP contribution in [0, 0.1) is 3.57 Å². The Balaban J connectivity index is 1.50. The fraction of sp³-hybridized carbons (Fsp3) is 0.519. The Morgan fingerprint density at radius 2 is 1.16 bits per heavy atom. The fourth-order valence-corrected chi connectivity index (χ4v) is 3.85. The maximum atomic E-state index is 12.2. The van der Waals surface area contributed by atoms with E-state index in [0.717, 1.165) is 22.3 Å². The third kappa shape index (κ3) is 11.6. The monoisotopic (exact) mass is 536 g/mol. The highest BCUT2D eigenvalue weighted by molar-refractivity contribution is 14.1. The molecule has 0 aliphatic carbocycles. The van der Waals surface area contributed by atoms with E-state index in [2.05, 4.69) is 29.5 Å². The predicted octanol–water partition coefficient (Wildman–Crippen LogP) is 8.59. The number of halogens is 1. The number of esters is 1. The van der Waals surface area contributed by atoms with Crippen molar-refractivity contribution in [3.63, 3.8) is 0 Å². The van der Waals surface area contributed by atoms with Gasteiger partial charge in [-0.25, -0.2) is 4.79 Å². The van der Waals surface area contributed by atoms with Crippen LogP contribution in [0.25, 0.3) is 0 Å². The molecule has 0 N–H and O–H groups in total. The molecule has 2 rings (SSSR count). The van der Waals surface area contributed by atoms with Crippen molar-refractivity contribution >= 4 is 28.6 Å². The predicted molar refractivity (Wildman–Crippen MR) is 137 cm³/mol. The average molecular weight is 536 g/mol. The Morgan fingerprint density at radius 1 is 0.677 bits per heavy atom. The fourth-order valence-electron chi connectivity index (χ4n) is 3.49. The molecular formula is C27H37IO3. The van der Waals surface area contributed by atoms with Gasteiger partial charge in [0.05, 0.1) is 12.2 Å². The van der Waals surface area contributed by atoms with Crippen LogP contribution in [-0.2, 0) is 0 Å². The molecule has 4 heteroatoms. The lowest BCUT2D eigenvalue weighted by molar-refractivity contribution is 0.0734. The van der Waals surface area contributed by atoms with Crippen LogP contribution in [0.5, 0.6) is 11.5 Å². The summed E-state index contributed by atoms with van der Waals surface area (Å²) in [6.45, 7) is 3.00.